The van der Waals surface area contributed by atoms with E-state index in [-0.39, 0.29) is 26.9 Å². The molecule has 0 aliphatic rings. The summed E-state index contributed by atoms with van der Waals surface area (Å²) in [5.74, 6) is -1.13. The number of nitro groups is 1. The Balaban J connectivity index is 2.52. The van der Waals surface area contributed by atoms with Crippen molar-refractivity contribution in [3.63, 3.8) is 0 Å². The van der Waals surface area contributed by atoms with Crippen molar-refractivity contribution >= 4 is 33.4 Å². The third kappa shape index (κ3) is 3.04. The highest BCUT2D eigenvalue weighted by atomic mass is 79.9. The van der Waals surface area contributed by atoms with Crippen molar-refractivity contribution < 1.29 is 19.2 Å². The number of ether oxygens (including phenoxy) is 1. The predicted octanol–water partition coefficient (Wildman–Crippen LogP) is 3.37. The molecule has 0 unspecified atom stereocenters. The van der Waals surface area contributed by atoms with Crippen LogP contribution < -0.4 is 0 Å². The van der Waals surface area contributed by atoms with Gasteiger partial charge < -0.3 is 4.74 Å². The maximum atomic E-state index is 12.5. The Kier molecular flexibility index (Phi) is 4.67. The van der Waals surface area contributed by atoms with Gasteiger partial charge in [0.05, 0.1) is 22.1 Å². The van der Waals surface area contributed by atoms with Crippen LogP contribution >= 0.6 is 15.9 Å². The lowest BCUT2D eigenvalue weighted by atomic mass is 9.98. The van der Waals surface area contributed by atoms with Crippen LogP contribution in [0.25, 0.3) is 0 Å². The molecule has 2 aromatic rings. The minimum Gasteiger partial charge on any atom is -0.465 e. The molecule has 0 aliphatic carbocycles. The first-order valence-electron chi connectivity index (χ1n) is 6.11. The molecule has 0 heterocycles. The van der Waals surface area contributed by atoms with E-state index in [9.17, 15) is 19.7 Å². The lowest BCUT2D eigenvalue weighted by Crippen LogP contribution is -2.11. The summed E-state index contributed by atoms with van der Waals surface area (Å²) in [6.07, 6.45) is 0. The Morgan fingerprint density at radius 1 is 1.14 bits per heavy atom. The van der Waals surface area contributed by atoms with E-state index in [1.165, 1.54) is 37.4 Å². The first-order chi connectivity index (χ1) is 10.5. The van der Waals surface area contributed by atoms with E-state index >= 15 is 0 Å². The lowest BCUT2D eigenvalue weighted by Gasteiger charge is -2.07. The van der Waals surface area contributed by atoms with Crippen LogP contribution in [0, 0.1) is 10.1 Å². The molecule has 0 aromatic heterocycles. The first-order valence-corrected chi connectivity index (χ1v) is 6.91. The molecule has 0 bridgehead atoms. The van der Waals surface area contributed by atoms with Gasteiger partial charge in [0.15, 0.2) is 5.78 Å². The summed E-state index contributed by atoms with van der Waals surface area (Å²) < 4.78 is 4.91. The predicted molar refractivity (Wildman–Crippen MR) is 82.0 cm³/mol. The van der Waals surface area contributed by atoms with Crippen molar-refractivity contribution in [1.82, 2.24) is 0 Å². The average Bonchev–Trinajstić information content (AvgIpc) is 2.53. The van der Waals surface area contributed by atoms with Crippen molar-refractivity contribution in [2.75, 3.05) is 7.11 Å². The van der Waals surface area contributed by atoms with E-state index in [2.05, 4.69) is 20.7 Å². The van der Waals surface area contributed by atoms with E-state index in [0.29, 0.717) is 0 Å². The van der Waals surface area contributed by atoms with Gasteiger partial charge in [-0.05, 0) is 34.1 Å². The normalized spacial score (nSPS) is 10.1. The zero-order valence-electron chi connectivity index (χ0n) is 11.4. The summed E-state index contributed by atoms with van der Waals surface area (Å²) in [5, 5.41) is 10.9. The van der Waals surface area contributed by atoms with Crippen molar-refractivity contribution in [1.29, 1.82) is 0 Å². The second-order valence-electron chi connectivity index (χ2n) is 4.29. The molecule has 22 heavy (non-hydrogen) atoms. The van der Waals surface area contributed by atoms with Crippen LogP contribution in [0.3, 0.4) is 0 Å². The summed E-state index contributed by atoms with van der Waals surface area (Å²) in [5.41, 5.74) is 0.138. The SMILES string of the molecule is COC(=O)c1ccccc1C(=O)c1ccc(Br)c([N+](=O)[O-])c1. The van der Waals surface area contributed by atoms with Gasteiger partial charge in [-0.3, -0.25) is 14.9 Å². The smallest absolute Gasteiger partial charge is 0.338 e. The number of carbonyl (C=O) groups is 2. The fraction of sp³-hybridized carbons (Fsp3) is 0.0667. The van der Waals surface area contributed by atoms with Crippen LogP contribution in [0.5, 0.6) is 0 Å². The van der Waals surface area contributed by atoms with Gasteiger partial charge in [0.1, 0.15) is 0 Å². The Bertz CT molecular complexity index is 772. The van der Waals surface area contributed by atoms with Crippen LogP contribution in [-0.2, 0) is 4.74 Å². The second kappa shape index (κ2) is 6.48. The van der Waals surface area contributed by atoms with E-state index in [0.717, 1.165) is 0 Å². The summed E-state index contributed by atoms with van der Waals surface area (Å²) in [6.45, 7) is 0. The first kappa shape index (κ1) is 15.8. The van der Waals surface area contributed by atoms with Gasteiger partial charge in [-0.2, -0.15) is 0 Å². The third-order valence-electron chi connectivity index (χ3n) is 2.98. The molecule has 0 radical (unpaired) electrons. The van der Waals surface area contributed by atoms with Gasteiger partial charge in [0.2, 0.25) is 0 Å². The Hall–Kier alpha value is -2.54. The number of ketones is 1. The minimum atomic E-state index is -0.643. The maximum absolute atomic E-state index is 12.5. The van der Waals surface area contributed by atoms with Gasteiger partial charge in [-0.25, -0.2) is 4.79 Å². The van der Waals surface area contributed by atoms with E-state index in [1.807, 2.05) is 0 Å². The topological polar surface area (TPSA) is 86.5 Å². The third-order valence-corrected chi connectivity index (χ3v) is 3.65. The molecule has 2 aromatic carbocycles. The van der Waals surface area contributed by atoms with Crippen LogP contribution in [0.2, 0.25) is 0 Å². The molecule has 2 rings (SSSR count). The molecule has 6 nitrogen and oxygen atoms in total. The number of nitro benzene ring substituents is 1. The van der Waals surface area contributed by atoms with Gasteiger partial charge in [0, 0.05) is 17.2 Å². The molecule has 0 aliphatic heterocycles. The molecular formula is C15H10BrNO5. The number of nitrogens with zero attached hydrogens (tertiary/aromatic N) is 1. The molecule has 112 valence electrons. The maximum Gasteiger partial charge on any atom is 0.338 e. The molecular weight excluding hydrogens is 354 g/mol. The van der Waals surface area contributed by atoms with Crippen LogP contribution in [0.15, 0.2) is 46.9 Å². The summed E-state index contributed by atoms with van der Waals surface area (Å²) in [4.78, 5) is 34.6. The van der Waals surface area contributed by atoms with E-state index in [1.54, 1.807) is 12.1 Å². The number of carbonyl (C=O) groups excluding carboxylic acids is 2. The minimum absolute atomic E-state index is 0.112. The van der Waals surface area contributed by atoms with Crippen LogP contribution in [0.4, 0.5) is 5.69 Å². The van der Waals surface area contributed by atoms with Crippen LogP contribution in [-0.4, -0.2) is 23.8 Å². The number of hydrogen-bond acceptors (Lipinski definition) is 5. The number of methoxy groups -OCH3 is 1. The van der Waals surface area contributed by atoms with Gasteiger partial charge in [-0.15, -0.1) is 0 Å². The van der Waals surface area contributed by atoms with Gasteiger partial charge >= 0.3 is 5.97 Å². The molecule has 0 fully saturated rings. The van der Waals surface area contributed by atoms with Gasteiger partial charge in [0.25, 0.3) is 5.69 Å². The monoisotopic (exact) mass is 363 g/mol. The number of esters is 1. The quantitative estimate of drug-likeness (QED) is 0.359. The molecule has 7 heteroatoms. The van der Waals surface area contributed by atoms with Crippen molar-refractivity contribution in [2.45, 2.75) is 0 Å². The number of benzene rings is 2. The zero-order valence-corrected chi connectivity index (χ0v) is 13.0. The van der Waals surface area contributed by atoms with E-state index in [4.69, 9.17) is 0 Å². The highest BCUT2D eigenvalue weighted by Gasteiger charge is 2.21. The number of rotatable bonds is 4. The molecule has 0 atom stereocenters. The Morgan fingerprint density at radius 2 is 1.77 bits per heavy atom. The zero-order chi connectivity index (χ0) is 16.3. The van der Waals surface area contributed by atoms with Crippen molar-refractivity contribution in [3.8, 4) is 0 Å². The molecule has 0 saturated carbocycles. The number of halogens is 1. The fourth-order valence-corrected chi connectivity index (χ4v) is 2.31. The highest BCUT2D eigenvalue weighted by molar-refractivity contribution is 9.10. The molecule has 0 N–H and O–H groups in total. The fourth-order valence-electron chi connectivity index (χ4n) is 1.92. The van der Waals surface area contributed by atoms with Crippen LogP contribution in [0.1, 0.15) is 26.3 Å². The molecule has 0 saturated heterocycles. The van der Waals surface area contributed by atoms with Crippen molar-refractivity contribution in [2.24, 2.45) is 0 Å². The lowest BCUT2D eigenvalue weighted by molar-refractivity contribution is -0.385. The summed E-state index contributed by atoms with van der Waals surface area (Å²) in [7, 11) is 1.22. The molecule has 0 spiro atoms. The van der Waals surface area contributed by atoms with Gasteiger partial charge in [-0.1, -0.05) is 18.2 Å². The largest absolute Gasteiger partial charge is 0.465 e. The number of hydrogen-bond donors (Lipinski definition) is 0. The molecule has 0 amide bonds. The van der Waals surface area contributed by atoms with E-state index < -0.39 is 16.7 Å². The standard InChI is InChI=1S/C15H10BrNO5/c1-22-15(19)11-5-3-2-4-10(11)14(18)9-6-7-12(16)13(8-9)17(20)21/h2-8H,1H3. The second-order valence-corrected chi connectivity index (χ2v) is 5.14. The Morgan fingerprint density at radius 3 is 2.36 bits per heavy atom. The van der Waals surface area contributed by atoms with Crippen molar-refractivity contribution in [3.05, 3.63) is 73.7 Å². The highest BCUT2D eigenvalue weighted by Crippen LogP contribution is 2.27. The average molecular weight is 364 g/mol. The summed E-state index contributed by atoms with van der Waals surface area (Å²) in [6, 6.07) is 10.2. The Labute approximate surface area is 134 Å². The summed E-state index contributed by atoms with van der Waals surface area (Å²) >= 11 is 3.06.